The van der Waals surface area contributed by atoms with E-state index in [0.29, 0.717) is 11.6 Å². The maximum Gasteiger partial charge on any atom is 0.243 e. The molecule has 1 N–H and O–H groups in total. The Kier molecular flexibility index (Phi) is 6.69. The minimum atomic E-state index is -3.93. The van der Waals surface area contributed by atoms with Gasteiger partial charge in [0.1, 0.15) is 0 Å². The van der Waals surface area contributed by atoms with Crippen LogP contribution in [0.4, 0.5) is 0 Å². The lowest BCUT2D eigenvalue weighted by molar-refractivity contribution is -0.195. The molecule has 3 fully saturated rings. The number of carbonyl (C=O) groups excluding carboxylic acids is 1. The van der Waals surface area contributed by atoms with Gasteiger partial charge in [0.15, 0.2) is 5.72 Å². The van der Waals surface area contributed by atoms with Crippen molar-refractivity contribution in [2.75, 3.05) is 46.4 Å². The first kappa shape index (κ1) is 24.7. The quantitative estimate of drug-likeness (QED) is 0.671. The fourth-order valence-electron chi connectivity index (χ4n) is 5.12. The number of methoxy groups -OCH3 is 1. The van der Waals surface area contributed by atoms with Gasteiger partial charge in [-0.3, -0.25) is 4.79 Å². The molecule has 8 nitrogen and oxygen atoms in total. The topological polar surface area (TPSA) is 88.2 Å². The summed E-state index contributed by atoms with van der Waals surface area (Å²) in [5.74, 6) is -0.264. The third kappa shape index (κ3) is 4.25. The van der Waals surface area contributed by atoms with Crippen molar-refractivity contribution in [2.24, 2.45) is 0 Å². The normalized spacial score (nSPS) is 25.3. The molecule has 2 aromatic carbocycles. The zero-order valence-corrected chi connectivity index (χ0v) is 20.6. The minimum absolute atomic E-state index is 0. The lowest BCUT2D eigenvalue weighted by Crippen LogP contribution is -2.65. The summed E-state index contributed by atoms with van der Waals surface area (Å²) >= 11 is 6.05. The molecule has 1 atom stereocenters. The van der Waals surface area contributed by atoms with Crippen LogP contribution in [-0.4, -0.2) is 81.3 Å². The second-order valence-corrected chi connectivity index (χ2v) is 11.2. The van der Waals surface area contributed by atoms with Gasteiger partial charge >= 0.3 is 0 Å². The molecule has 3 aliphatic rings. The maximum atomic E-state index is 13.6. The second-order valence-electron chi connectivity index (χ2n) is 8.82. The summed E-state index contributed by atoms with van der Waals surface area (Å²) < 4.78 is 40.4. The van der Waals surface area contributed by atoms with Crippen molar-refractivity contribution in [3.05, 3.63) is 41.4 Å². The van der Waals surface area contributed by atoms with E-state index in [1.54, 1.807) is 41.3 Å². The number of amides is 1. The Hall–Kier alpha value is -1.46. The van der Waals surface area contributed by atoms with Crippen LogP contribution in [0.15, 0.2) is 41.3 Å². The highest BCUT2D eigenvalue weighted by atomic mass is 35.5. The summed E-state index contributed by atoms with van der Waals surface area (Å²) in [6.45, 7) is 1.98. The highest BCUT2D eigenvalue weighted by Crippen LogP contribution is 2.43. The van der Waals surface area contributed by atoms with Gasteiger partial charge in [0.25, 0.3) is 0 Å². The van der Waals surface area contributed by atoms with Gasteiger partial charge in [-0.1, -0.05) is 23.7 Å². The number of rotatable bonds is 4. The minimum Gasteiger partial charge on any atom is -0.380 e. The van der Waals surface area contributed by atoms with Crippen molar-refractivity contribution < 1.29 is 22.7 Å². The van der Waals surface area contributed by atoms with Crippen LogP contribution in [0.1, 0.15) is 12.8 Å². The Morgan fingerprint density at radius 1 is 1.12 bits per heavy atom. The first-order valence-corrected chi connectivity index (χ1v) is 12.5. The van der Waals surface area contributed by atoms with E-state index in [0.717, 1.165) is 36.7 Å². The van der Waals surface area contributed by atoms with E-state index in [9.17, 15) is 13.2 Å². The highest BCUT2D eigenvalue weighted by molar-refractivity contribution is 7.89. The molecule has 0 radical (unpaired) electrons. The van der Waals surface area contributed by atoms with Crippen molar-refractivity contribution >= 4 is 50.7 Å². The lowest BCUT2D eigenvalue weighted by atomic mass is 9.92. The van der Waals surface area contributed by atoms with Crippen LogP contribution in [-0.2, 0) is 24.3 Å². The number of sulfonamides is 1. The molecule has 3 heterocycles. The van der Waals surface area contributed by atoms with Gasteiger partial charge in [-0.05, 0) is 61.0 Å². The molecule has 33 heavy (non-hydrogen) atoms. The van der Waals surface area contributed by atoms with Crippen LogP contribution < -0.4 is 5.32 Å². The number of fused-ring (bicyclic) bond motifs is 2. The van der Waals surface area contributed by atoms with E-state index in [2.05, 4.69) is 5.32 Å². The van der Waals surface area contributed by atoms with E-state index in [4.69, 9.17) is 21.1 Å². The fourth-order valence-corrected chi connectivity index (χ4v) is 6.77. The molecule has 3 saturated heterocycles. The third-order valence-electron chi connectivity index (χ3n) is 6.68. The molecule has 5 rings (SSSR count). The third-order valence-corrected chi connectivity index (χ3v) is 8.70. The Balaban J connectivity index is 0.00000259. The van der Waals surface area contributed by atoms with E-state index in [1.165, 1.54) is 11.4 Å². The standard InChI is InChI=1S/C22H26ClN3O5S.ClH/c1-30-15-22-14-25(12-20(27)26(22)13-21(31-22)6-8-24-9-7-21)32(28,29)19-5-3-16-10-18(23)4-2-17(16)11-19;/h2-5,10-11,24H,6-9,12-15H2,1H3;1H. The SMILES string of the molecule is COCC12CN(S(=O)(=O)c3ccc4cc(Cl)ccc4c3)CC(=O)N1CC1(CCNCC1)O2.Cl. The zero-order chi connectivity index (χ0) is 22.6. The number of ether oxygens (including phenoxy) is 2. The van der Waals surface area contributed by atoms with Crippen molar-refractivity contribution in [2.45, 2.75) is 29.1 Å². The van der Waals surface area contributed by atoms with Crippen LogP contribution in [0.5, 0.6) is 0 Å². The summed E-state index contributed by atoms with van der Waals surface area (Å²) in [5, 5.41) is 5.51. The van der Waals surface area contributed by atoms with Gasteiger partial charge in [-0.25, -0.2) is 8.42 Å². The van der Waals surface area contributed by atoms with Crippen LogP contribution in [0.25, 0.3) is 10.8 Å². The first-order chi connectivity index (χ1) is 15.3. The van der Waals surface area contributed by atoms with Gasteiger partial charge in [0.2, 0.25) is 15.9 Å². The average Bonchev–Trinajstić information content (AvgIpc) is 3.07. The molecule has 1 spiro atoms. The summed E-state index contributed by atoms with van der Waals surface area (Å²) in [5.41, 5.74) is -1.60. The number of halogens is 2. The number of nitrogens with zero attached hydrogens (tertiary/aromatic N) is 2. The van der Waals surface area contributed by atoms with E-state index < -0.39 is 21.3 Å². The van der Waals surface area contributed by atoms with Crippen LogP contribution in [0, 0.1) is 0 Å². The Morgan fingerprint density at radius 3 is 2.55 bits per heavy atom. The second kappa shape index (κ2) is 8.96. The molecule has 0 bridgehead atoms. The van der Waals surface area contributed by atoms with E-state index >= 15 is 0 Å². The molecule has 2 aromatic rings. The largest absolute Gasteiger partial charge is 0.380 e. The smallest absolute Gasteiger partial charge is 0.243 e. The fraction of sp³-hybridized carbons (Fsp3) is 0.500. The predicted octanol–water partition coefficient (Wildman–Crippen LogP) is 2.24. The number of carbonyl (C=O) groups is 1. The van der Waals surface area contributed by atoms with Gasteiger partial charge < -0.3 is 19.7 Å². The Labute approximate surface area is 204 Å². The van der Waals surface area contributed by atoms with Crippen molar-refractivity contribution in [1.29, 1.82) is 0 Å². The van der Waals surface area contributed by atoms with E-state index in [1.807, 2.05) is 0 Å². The monoisotopic (exact) mass is 515 g/mol. The van der Waals surface area contributed by atoms with Crippen molar-refractivity contribution in [3.8, 4) is 0 Å². The number of benzene rings is 2. The highest BCUT2D eigenvalue weighted by Gasteiger charge is 2.60. The lowest BCUT2D eigenvalue weighted by Gasteiger charge is -2.44. The first-order valence-electron chi connectivity index (χ1n) is 10.7. The molecule has 0 aliphatic carbocycles. The summed E-state index contributed by atoms with van der Waals surface area (Å²) in [7, 11) is -2.39. The Bertz CT molecular complexity index is 1170. The van der Waals surface area contributed by atoms with Crippen molar-refractivity contribution in [1.82, 2.24) is 14.5 Å². The van der Waals surface area contributed by atoms with Crippen molar-refractivity contribution in [3.63, 3.8) is 0 Å². The maximum absolute atomic E-state index is 13.6. The molecule has 0 saturated carbocycles. The number of piperidine rings is 1. The molecule has 1 unspecified atom stereocenters. The van der Waals surface area contributed by atoms with Crippen LogP contribution in [0.3, 0.4) is 0 Å². The average molecular weight is 516 g/mol. The number of nitrogens with one attached hydrogen (secondary N) is 1. The number of piperazine rings is 1. The predicted molar refractivity (Wildman–Crippen MR) is 127 cm³/mol. The molecule has 11 heteroatoms. The summed E-state index contributed by atoms with van der Waals surface area (Å²) in [6, 6.07) is 10.2. The zero-order valence-electron chi connectivity index (χ0n) is 18.3. The van der Waals surface area contributed by atoms with Gasteiger partial charge in [0, 0.05) is 12.1 Å². The number of hydrogen-bond acceptors (Lipinski definition) is 6. The molecule has 3 aliphatic heterocycles. The number of hydrogen-bond donors (Lipinski definition) is 1. The molecular weight excluding hydrogens is 489 g/mol. The van der Waals surface area contributed by atoms with Crippen LogP contribution in [0.2, 0.25) is 5.02 Å². The summed E-state index contributed by atoms with van der Waals surface area (Å²) in [4.78, 5) is 15.0. The van der Waals surface area contributed by atoms with Gasteiger partial charge in [-0.15, -0.1) is 12.4 Å². The molecule has 180 valence electrons. The molecule has 1 amide bonds. The van der Waals surface area contributed by atoms with Crippen LogP contribution >= 0.6 is 24.0 Å². The summed E-state index contributed by atoms with van der Waals surface area (Å²) in [6.07, 6.45) is 1.53. The molecular formula is C22H27Cl2N3O5S. The van der Waals surface area contributed by atoms with Gasteiger partial charge in [-0.2, -0.15) is 4.31 Å². The van der Waals surface area contributed by atoms with E-state index in [-0.39, 0.29) is 42.9 Å². The Morgan fingerprint density at radius 2 is 1.82 bits per heavy atom. The molecule has 0 aromatic heterocycles. The van der Waals surface area contributed by atoms with Gasteiger partial charge in [0.05, 0.1) is 36.7 Å².